The van der Waals surface area contributed by atoms with E-state index in [1.165, 1.54) is 12.8 Å². The second-order valence-corrected chi connectivity index (χ2v) is 5.09. The van der Waals surface area contributed by atoms with Crippen molar-refractivity contribution in [3.05, 3.63) is 12.4 Å². The van der Waals surface area contributed by atoms with Crippen LogP contribution in [-0.4, -0.2) is 36.2 Å². The van der Waals surface area contributed by atoms with Crippen molar-refractivity contribution >= 4 is 5.82 Å². The molecule has 0 amide bonds. The van der Waals surface area contributed by atoms with E-state index >= 15 is 0 Å². The van der Waals surface area contributed by atoms with Crippen LogP contribution in [0, 0.1) is 5.92 Å². The first-order valence-corrected chi connectivity index (χ1v) is 7.23. The van der Waals surface area contributed by atoms with Crippen molar-refractivity contribution < 1.29 is 4.74 Å². The summed E-state index contributed by atoms with van der Waals surface area (Å²) in [6.45, 7) is 5.66. The number of ether oxygens (including phenoxy) is 1. The third-order valence-corrected chi connectivity index (χ3v) is 3.50. The van der Waals surface area contributed by atoms with Crippen molar-refractivity contribution in [2.75, 3.05) is 31.1 Å². The molecule has 1 unspecified atom stereocenters. The Labute approximate surface area is 115 Å². The number of anilines is 1. The summed E-state index contributed by atoms with van der Waals surface area (Å²) in [6.07, 6.45) is 6.16. The highest BCUT2D eigenvalue weighted by Crippen LogP contribution is 2.24. The highest BCUT2D eigenvalue weighted by molar-refractivity contribution is 5.41. The molecule has 0 spiro atoms. The van der Waals surface area contributed by atoms with Gasteiger partial charge in [0.2, 0.25) is 5.88 Å². The van der Waals surface area contributed by atoms with Crippen LogP contribution in [0.3, 0.4) is 0 Å². The summed E-state index contributed by atoms with van der Waals surface area (Å²) in [5.74, 6) is 2.34. The summed E-state index contributed by atoms with van der Waals surface area (Å²) < 4.78 is 5.56. The van der Waals surface area contributed by atoms with E-state index in [-0.39, 0.29) is 0 Å². The number of hydrogen-bond donors (Lipinski definition) is 1. The van der Waals surface area contributed by atoms with Gasteiger partial charge in [-0.25, -0.2) is 9.97 Å². The minimum absolute atomic E-state index is 0.674. The zero-order valence-electron chi connectivity index (χ0n) is 11.7. The van der Waals surface area contributed by atoms with Gasteiger partial charge in [0.25, 0.3) is 0 Å². The molecule has 1 aromatic rings. The molecule has 2 N–H and O–H groups in total. The first-order valence-electron chi connectivity index (χ1n) is 7.23. The molecular weight excluding hydrogens is 240 g/mol. The molecule has 2 rings (SSSR count). The summed E-state index contributed by atoms with van der Waals surface area (Å²) >= 11 is 0. The maximum absolute atomic E-state index is 5.66. The SMILES string of the molecule is CCCOc1cc(N2CCCC(CCN)C2)ncn1. The fraction of sp³-hybridized carbons (Fsp3) is 0.714. The lowest BCUT2D eigenvalue weighted by Gasteiger charge is -2.33. The van der Waals surface area contributed by atoms with E-state index in [0.717, 1.165) is 38.3 Å². The fourth-order valence-corrected chi connectivity index (χ4v) is 2.53. The topological polar surface area (TPSA) is 64.3 Å². The molecular formula is C14H24N4O. The monoisotopic (exact) mass is 264 g/mol. The maximum atomic E-state index is 5.66. The Bertz CT molecular complexity index is 383. The van der Waals surface area contributed by atoms with Crippen LogP contribution in [0.1, 0.15) is 32.6 Å². The Morgan fingerprint density at radius 3 is 3.16 bits per heavy atom. The number of nitrogens with zero attached hydrogens (tertiary/aromatic N) is 3. The molecule has 1 aromatic heterocycles. The number of aromatic nitrogens is 2. The van der Waals surface area contributed by atoms with E-state index in [2.05, 4.69) is 21.8 Å². The van der Waals surface area contributed by atoms with E-state index in [1.807, 2.05) is 6.07 Å². The lowest BCUT2D eigenvalue weighted by atomic mass is 9.95. The van der Waals surface area contributed by atoms with Gasteiger partial charge in [0.15, 0.2) is 0 Å². The third-order valence-electron chi connectivity index (χ3n) is 3.50. The second-order valence-electron chi connectivity index (χ2n) is 5.09. The second kappa shape index (κ2) is 7.28. The van der Waals surface area contributed by atoms with Gasteiger partial charge in [-0.1, -0.05) is 6.92 Å². The lowest BCUT2D eigenvalue weighted by molar-refractivity contribution is 0.304. The first-order chi connectivity index (χ1) is 9.33. The molecule has 19 heavy (non-hydrogen) atoms. The third kappa shape index (κ3) is 4.06. The van der Waals surface area contributed by atoms with Gasteiger partial charge in [-0.15, -0.1) is 0 Å². The Kier molecular flexibility index (Phi) is 5.39. The minimum atomic E-state index is 0.674. The normalized spacial score (nSPS) is 19.5. The molecule has 1 saturated heterocycles. The van der Waals surface area contributed by atoms with Crippen LogP contribution < -0.4 is 15.4 Å². The largest absolute Gasteiger partial charge is 0.478 e. The number of piperidine rings is 1. The zero-order valence-corrected chi connectivity index (χ0v) is 11.7. The van der Waals surface area contributed by atoms with Gasteiger partial charge in [0.1, 0.15) is 12.1 Å². The fourth-order valence-electron chi connectivity index (χ4n) is 2.53. The summed E-state index contributed by atoms with van der Waals surface area (Å²) in [4.78, 5) is 10.8. The van der Waals surface area contributed by atoms with Crippen molar-refractivity contribution in [2.45, 2.75) is 32.6 Å². The standard InChI is InChI=1S/C14H24N4O/c1-2-8-19-14-9-13(16-11-17-14)18-7-3-4-12(10-18)5-6-15/h9,11-12H,2-8,10,15H2,1H3. The molecule has 0 aliphatic carbocycles. The van der Waals surface area contributed by atoms with Crippen LogP contribution in [0.5, 0.6) is 5.88 Å². The van der Waals surface area contributed by atoms with Crippen LogP contribution >= 0.6 is 0 Å². The van der Waals surface area contributed by atoms with Crippen molar-refractivity contribution in [1.82, 2.24) is 9.97 Å². The van der Waals surface area contributed by atoms with Gasteiger partial charge < -0.3 is 15.4 Å². The van der Waals surface area contributed by atoms with E-state index in [1.54, 1.807) is 6.33 Å². The van der Waals surface area contributed by atoms with Crippen LogP contribution in [-0.2, 0) is 0 Å². The first kappa shape index (κ1) is 14.1. The summed E-state index contributed by atoms with van der Waals surface area (Å²) in [5, 5.41) is 0. The molecule has 1 atom stereocenters. The Morgan fingerprint density at radius 1 is 1.47 bits per heavy atom. The Balaban J connectivity index is 1.99. The van der Waals surface area contributed by atoms with Gasteiger partial charge >= 0.3 is 0 Å². The zero-order chi connectivity index (χ0) is 13.5. The highest BCUT2D eigenvalue weighted by Gasteiger charge is 2.20. The Morgan fingerprint density at radius 2 is 2.37 bits per heavy atom. The quantitative estimate of drug-likeness (QED) is 0.849. The predicted octanol–water partition coefficient (Wildman–Crippen LogP) is 1.83. The molecule has 1 aliphatic rings. The van der Waals surface area contributed by atoms with E-state index in [9.17, 15) is 0 Å². The summed E-state index contributed by atoms with van der Waals surface area (Å²) in [5.41, 5.74) is 5.66. The number of hydrogen-bond acceptors (Lipinski definition) is 5. The lowest BCUT2D eigenvalue weighted by Crippen LogP contribution is -2.36. The van der Waals surface area contributed by atoms with Crippen molar-refractivity contribution in [2.24, 2.45) is 11.7 Å². The maximum Gasteiger partial charge on any atom is 0.218 e. The van der Waals surface area contributed by atoms with Crippen molar-refractivity contribution in [3.63, 3.8) is 0 Å². The van der Waals surface area contributed by atoms with Crippen LogP contribution in [0.25, 0.3) is 0 Å². The van der Waals surface area contributed by atoms with Gasteiger partial charge in [-0.2, -0.15) is 0 Å². The average Bonchev–Trinajstić information content (AvgIpc) is 2.46. The molecule has 0 bridgehead atoms. The number of nitrogens with two attached hydrogens (primary N) is 1. The minimum Gasteiger partial charge on any atom is -0.478 e. The average molecular weight is 264 g/mol. The van der Waals surface area contributed by atoms with Gasteiger partial charge in [0.05, 0.1) is 6.61 Å². The van der Waals surface area contributed by atoms with Crippen LogP contribution in [0.2, 0.25) is 0 Å². The highest BCUT2D eigenvalue weighted by atomic mass is 16.5. The predicted molar refractivity (Wildman–Crippen MR) is 76.4 cm³/mol. The molecule has 0 radical (unpaired) electrons. The molecule has 0 aromatic carbocycles. The van der Waals surface area contributed by atoms with Gasteiger partial charge in [-0.3, -0.25) is 0 Å². The van der Waals surface area contributed by atoms with Crippen molar-refractivity contribution in [3.8, 4) is 5.88 Å². The molecule has 2 heterocycles. The molecule has 0 saturated carbocycles. The Hall–Kier alpha value is -1.36. The van der Waals surface area contributed by atoms with Crippen LogP contribution in [0.15, 0.2) is 12.4 Å². The summed E-state index contributed by atoms with van der Waals surface area (Å²) in [6, 6.07) is 1.94. The summed E-state index contributed by atoms with van der Waals surface area (Å²) in [7, 11) is 0. The molecule has 106 valence electrons. The van der Waals surface area contributed by atoms with Gasteiger partial charge in [-0.05, 0) is 38.1 Å². The molecule has 1 aliphatic heterocycles. The van der Waals surface area contributed by atoms with Crippen molar-refractivity contribution in [1.29, 1.82) is 0 Å². The van der Waals surface area contributed by atoms with E-state index < -0.39 is 0 Å². The number of rotatable bonds is 6. The van der Waals surface area contributed by atoms with Crippen LogP contribution in [0.4, 0.5) is 5.82 Å². The van der Waals surface area contributed by atoms with E-state index in [0.29, 0.717) is 18.4 Å². The molecule has 5 heteroatoms. The molecule has 1 fully saturated rings. The molecule has 5 nitrogen and oxygen atoms in total. The van der Waals surface area contributed by atoms with E-state index in [4.69, 9.17) is 10.5 Å². The van der Waals surface area contributed by atoms with Gasteiger partial charge in [0, 0.05) is 19.2 Å². The smallest absolute Gasteiger partial charge is 0.218 e.